The lowest BCUT2D eigenvalue weighted by atomic mass is 10.2. The maximum absolute atomic E-state index is 12.8. The molecule has 1 fully saturated rings. The van der Waals surface area contributed by atoms with Gasteiger partial charge in [-0.2, -0.15) is 13.1 Å². The number of nitrogens with one attached hydrogen (secondary N) is 1. The van der Waals surface area contributed by atoms with Crippen LogP contribution >= 0.6 is 23.3 Å². The van der Waals surface area contributed by atoms with Gasteiger partial charge in [0, 0.05) is 13.1 Å². The Labute approximate surface area is 187 Å². The molecule has 0 aliphatic carbocycles. The van der Waals surface area contributed by atoms with Crippen LogP contribution in [-0.4, -0.2) is 53.0 Å². The van der Waals surface area contributed by atoms with E-state index in [1.165, 1.54) is 22.5 Å². The van der Waals surface area contributed by atoms with E-state index in [4.69, 9.17) is 16.3 Å². The number of hydrogen-bond acceptors (Lipinski definition) is 8. The molecule has 1 aromatic heterocycles. The number of sulfonamides is 1. The summed E-state index contributed by atoms with van der Waals surface area (Å²) in [5.74, 6) is -1.40. The lowest BCUT2D eigenvalue weighted by Gasteiger charge is -2.17. The number of aromatic nitrogens is 2. The maximum atomic E-state index is 12.8. The van der Waals surface area contributed by atoms with Crippen molar-refractivity contribution >= 4 is 61.9 Å². The zero-order valence-corrected chi connectivity index (χ0v) is 18.5. The first-order valence-corrected chi connectivity index (χ1v) is 11.9. The molecule has 0 saturated carbocycles. The van der Waals surface area contributed by atoms with Crippen molar-refractivity contribution in [2.45, 2.75) is 17.7 Å². The molecule has 31 heavy (non-hydrogen) atoms. The average Bonchev–Trinajstić information content (AvgIpc) is 3.45. The van der Waals surface area contributed by atoms with E-state index in [-0.39, 0.29) is 15.5 Å². The van der Waals surface area contributed by atoms with Crippen LogP contribution in [0.25, 0.3) is 11.0 Å². The number of halogens is 1. The van der Waals surface area contributed by atoms with Gasteiger partial charge in [-0.3, -0.25) is 4.79 Å². The number of carbonyl (C=O) groups is 2. The fourth-order valence-electron chi connectivity index (χ4n) is 3.20. The van der Waals surface area contributed by atoms with E-state index in [1.807, 2.05) is 0 Å². The third kappa shape index (κ3) is 4.54. The van der Waals surface area contributed by atoms with Gasteiger partial charge < -0.3 is 10.1 Å². The predicted molar refractivity (Wildman–Crippen MR) is 116 cm³/mol. The summed E-state index contributed by atoms with van der Waals surface area (Å²) >= 11 is 7.11. The largest absolute Gasteiger partial charge is 0.452 e. The van der Waals surface area contributed by atoms with Crippen LogP contribution in [-0.2, 0) is 19.6 Å². The van der Waals surface area contributed by atoms with E-state index < -0.39 is 28.5 Å². The first kappa shape index (κ1) is 21.6. The molecule has 1 aliphatic rings. The van der Waals surface area contributed by atoms with Gasteiger partial charge in [0.05, 0.1) is 28.0 Å². The predicted octanol–water partition coefficient (Wildman–Crippen LogP) is 2.92. The quantitative estimate of drug-likeness (QED) is 0.539. The summed E-state index contributed by atoms with van der Waals surface area (Å²) in [7, 11) is -3.81. The van der Waals surface area contributed by atoms with Gasteiger partial charge >= 0.3 is 5.97 Å². The molecule has 4 rings (SSSR count). The van der Waals surface area contributed by atoms with Crippen LogP contribution in [0.5, 0.6) is 0 Å². The minimum absolute atomic E-state index is 0.0132. The van der Waals surface area contributed by atoms with E-state index in [1.54, 1.807) is 18.2 Å². The standard InChI is InChI=1S/C19H17ClN4O5S2/c20-13-7-6-12(10-16(13)31(27,28)24-8-1-2-9-24)19(26)29-11-17(25)21-14-4-3-5-15-18(14)23-30-22-15/h3-7,10H,1-2,8-9,11H2,(H,21,25). The molecule has 1 aliphatic heterocycles. The first-order chi connectivity index (χ1) is 14.9. The Morgan fingerprint density at radius 1 is 1.16 bits per heavy atom. The summed E-state index contributed by atoms with van der Waals surface area (Å²) in [5, 5.41) is 2.64. The number of esters is 1. The smallest absolute Gasteiger partial charge is 0.338 e. The summed E-state index contributed by atoms with van der Waals surface area (Å²) in [6.07, 6.45) is 1.55. The molecule has 0 spiro atoms. The van der Waals surface area contributed by atoms with Crippen LogP contribution in [0.1, 0.15) is 23.2 Å². The third-order valence-corrected chi connectivity index (χ3v) is 7.67. The van der Waals surface area contributed by atoms with E-state index in [2.05, 4.69) is 14.1 Å². The Morgan fingerprint density at radius 3 is 2.71 bits per heavy atom. The van der Waals surface area contributed by atoms with E-state index in [0.717, 1.165) is 24.6 Å². The molecule has 0 radical (unpaired) electrons. The monoisotopic (exact) mass is 480 g/mol. The number of nitrogens with zero attached hydrogens (tertiary/aromatic N) is 3. The van der Waals surface area contributed by atoms with Crippen molar-refractivity contribution in [2.24, 2.45) is 0 Å². The van der Waals surface area contributed by atoms with Crippen molar-refractivity contribution < 1.29 is 22.7 Å². The second kappa shape index (κ2) is 8.87. The highest BCUT2D eigenvalue weighted by Crippen LogP contribution is 2.28. The highest BCUT2D eigenvalue weighted by atomic mass is 35.5. The molecule has 3 aromatic rings. The van der Waals surface area contributed by atoms with Gasteiger partial charge in [-0.25, -0.2) is 13.2 Å². The Morgan fingerprint density at radius 2 is 1.94 bits per heavy atom. The second-order valence-electron chi connectivity index (χ2n) is 6.82. The van der Waals surface area contributed by atoms with Crippen molar-refractivity contribution in [2.75, 3.05) is 25.0 Å². The van der Waals surface area contributed by atoms with Crippen molar-refractivity contribution in [3.8, 4) is 0 Å². The Kier molecular flexibility index (Phi) is 6.19. The maximum Gasteiger partial charge on any atom is 0.338 e. The van der Waals surface area contributed by atoms with Crippen LogP contribution in [0.4, 0.5) is 5.69 Å². The number of fused-ring (bicyclic) bond motifs is 1. The molecule has 1 amide bonds. The molecule has 2 heterocycles. The summed E-state index contributed by atoms with van der Waals surface area (Å²) in [5.41, 5.74) is 1.63. The lowest BCUT2D eigenvalue weighted by Crippen LogP contribution is -2.28. The van der Waals surface area contributed by atoms with Gasteiger partial charge in [-0.05, 0) is 43.2 Å². The van der Waals surface area contributed by atoms with Gasteiger partial charge in [0.25, 0.3) is 5.91 Å². The Hall–Kier alpha value is -2.60. The van der Waals surface area contributed by atoms with Crippen molar-refractivity contribution in [3.63, 3.8) is 0 Å². The normalized spacial score (nSPS) is 14.6. The van der Waals surface area contributed by atoms with Crippen LogP contribution in [0, 0.1) is 0 Å². The molecule has 2 aromatic carbocycles. The average molecular weight is 481 g/mol. The Balaban J connectivity index is 1.44. The molecule has 1 N–H and O–H groups in total. The van der Waals surface area contributed by atoms with Crippen molar-refractivity contribution in [1.82, 2.24) is 13.1 Å². The SMILES string of the molecule is O=C(COC(=O)c1ccc(Cl)c(S(=O)(=O)N2CCCC2)c1)Nc1cccc2nsnc12. The zero-order chi connectivity index (χ0) is 22.0. The number of carbonyl (C=O) groups excluding carboxylic acids is 2. The molecule has 162 valence electrons. The number of amides is 1. The van der Waals surface area contributed by atoms with Crippen molar-refractivity contribution in [1.29, 1.82) is 0 Å². The number of ether oxygens (including phenoxy) is 1. The van der Waals surface area contributed by atoms with Gasteiger partial charge in [0.2, 0.25) is 10.0 Å². The molecule has 0 bridgehead atoms. The summed E-state index contributed by atoms with van der Waals surface area (Å²) in [6, 6.07) is 9.02. The van der Waals surface area contributed by atoms with Crippen molar-refractivity contribution in [3.05, 3.63) is 47.0 Å². The van der Waals surface area contributed by atoms with Crippen LogP contribution < -0.4 is 5.32 Å². The molecular formula is C19H17ClN4O5S2. The fourth-order valence-corrected chi connectivity index (χ4v) is 5.77. The summed E-state index contributed by atoms with van der Waals surface area (Å²) in [6.45, 7) is 0.271. The second-order valence-corrected chi connectivity index (χ2v) is 9.66. The molecule has 0 atom stereocenters. The molecule has 0 unspecified atom stereocenters. The third-order valence-electron chi connectivity index (χ3n) is 4.74. The van der Waals surface area contributed by atoms with Crippen LogP contribution in [0.3, 0.4) is 0 Å². The number of hydrogen-bond donors (Lipinski definition) is 1. The van der Waals surface area contributed by atoms with Crippen LogP contribution in [0.2, 0.25) is 5.02 Å². The van der Waals surface area contributed by atoms with E-state index in [0.29, 0.717) is 29.8 Å². The highest BCUT2D eigenvalue weighted by molar-refractivity contribution is 7.89. The molecule has 9 nitrogen and oxygen atoms in total. The van der Waals surface area contributed by atoms with E-state index in [9.17, 15) is 18.0 Å². The number of rotatable bonds is 6. The topological polar surface area (TPSA) is 119 Å². The Bertz CT molecular complexity index is 1260. The van der Waals surface area contributed by atoms with Gasteiger partial charge in [-0.1, -0.05) is 17.7 Å². The van der Waals surface area contributed by atoms with Crippen LogP contribution in [0.15, 0.2) is 41.3 Å². The van der Waals surface area contributed by atoms with Gasteiger partial charge in [0.1, 0.15) is 15.9 Å². The minimum Gasteiger partial charge on any atom is -0.452 e. The lowest BCUT2D eigenvalue weighted by molar-refractivity contribution is -0.119. The van der Waals surface area contributed by atoms with Gasteiger partial charge in [0.15, 0.2) is 6.61 Å². The molecular weight excluding hydrogens is 464 g/mol. The zero-order valence-electron chi connectivity index (χ0n) is 16.1. The molecule has 12 heteroatoms. The first-order valence-electron chi connectivity index (χ1n) is 9.34. The van der Waals surface area contributed by atoms with Gasteiger partial charge in [-0.15, -0.1) is 0 Å². The fraction of sp³-hybridized carbons (Fsp3) is 0.263. The summed E-state index contributed by atoms with van der Waals surface area (Å²) in [4.78, 5) is 24.5. The number of anilines is 1. The highest BCUT2D eigenvalue weighted by Gasteiger charge is 2.30. The van der Waals surface area contributed by atoms with E-state index >= 15 is 0 Å². The molecule has 1 saturated heterocycles. The minimum atomic E-state index is -3.81. The number of benzene rings is 2. The summed E-state index contributed by atoms with van der Waals surface area (Å²) < 4.78 is 40.2.